The molecule has 32 heavy (non-hydrogen) atoms. The zero-order valence-corrected chi connectivity index (χ0v) is 18.2. The Morgan fingerprint density at radius 3 is 2.25 bits per heavy atom. The Bertz CT molecular complexity index is 1090. The highest BCUT2D eigenvalue weighted by Gasteiger charge is 2.24. The van der Waals surface area contributed by atoms with Crippen LogP contribution in [0.3, 0.4) is 0 Å². The van der Waals surface area contributed by atoms with Crippen LogP contribution >= 0.6 is 0 Å². The van der Waals surface area contributed by atoms with Gasteiger partial charge in [-0.05, 0) is 31.5 Å². The van der Waals surface area contributed by atoms with Crippen LogP contribution < -0.4 is 5.32 Å². The number of aryl methyl sites for hydroxylation is 1. The van der Waals surface area contributed by atoms with Gasteiger partial charge in [-0.2, -0.15) is 5.10 Å². The summed E-state index contributed by atoms with van der Waals surface area (Å²) in [5.74, 6) is -1.84. The van der Waals surface area contributed by atoms with Crippen LogP contribution in [-0.2, 0) is 25.5 Å². The van der Waals surface area contributed by atoms with Gasteiger partial charge >= 0.3 is 11.9 Å². The summed E-state index contributed by atoms with van der Waals surface area (Å²) >= 11 is 0. The lowest BCUT2D eigenvalue weighted by Gasteiger charge is -2.16. The van der Waals surface area contributed by atoms with E-state index in [1.54, 1.807) is 18.5 Å². The summed E-state index contributed by atoms with van der Waals surface area (Å²) in [6.45, 7) is 2.93. The average Bonchev–Trinajstić information content (AvgIpc) is 3.11. The Morgan fingerprint density at radius 1 is 1.00 bits per heavy atom. The number of rotatable bonds is 8. The van der Waals surface area contributed by atoms with Gasteiger partial charge in [-0.15, -0.1) is 0 Å². The molecule has 0 spiro atoms. The van der Waals surface area contributed by atoms with Crippen molar-refractivity contribution in [3.63, 3.8) is 0 Å². The molecule has 0 radical (unpaired) electrons. The maximum absolute atomic E-state index is 12.7. The average molecular weight is 435 g/mol. The first-order chi connectivity index (χ1) is 15.4. The topological polar surface area (TPSA) is 99.5 Å². The maximum atomic E-state index is 12.7. The number of aromatic nitrogens is 2. The molecule has 1 unspecified atom stereocenters. The van der Waals surface area contributed by atoms with Gasteiger partial charge in [0.1, 0.15) is 11.6 Å². The normalized spacial score (nSPS) is 11.5. The Morgan fingerprint density at radius 2 is 1.62 bits per heavy atom. The molecular weight excluding hydrogens is 410 g/mol. The molecule has 8 heteroatoms. The lowest BCUT2D eigenvalue weighted by atomic mass is 10.1. The van der Waals surface area contributed by atoms with Crippen molar-refractivity contribution in [1.82, 2.24) is 15.1 Å². The molecule has 1 aromatic heterocycles. The van der Waals surface area contributed by atoms with Crippen LogP contribution in [0.15, 0.2) is 60.7 Å². The van der Waals surface area contributed by atoms with Crippen LogP contribution in [0, 0.1) is 13.8 Å². The van der Waals surface area contributed by atoms with Gasteiger partial charge in [0, 0.05) is 6.42 Å². The standard InChI is InChI=1S/C24H25N3O5/c1-16-22(17(2)27(26-16)19-12-8-5-9-13-19)24(30)32-15-21(28)25-20(23(29)31-3)14-18-10-6-4-7-11-18/h4-13,20H,14-15H2,1-3H3,(H,25,28). The van der Waals surface area contributed by atoms with E-state index in [1.807, 2.05) is 60.7 Å². The molecule has 0 saturated carbocycles. The molecule has 1 N–H and O–H groups in total. The van der Waals surface area contributed by atoms with Crippen LogP contribution in [0.4, 0.5) is 0 Å². The van der Waals surface area contributed by atoms with Crippen molar-refractivity contribution < 1.29 is 23.9 Å². The highest BCUT2D eigenvalue weighted by Crippen LogP contribution is 2.18. The second kappa shape index (κ2) is 10.4. The lowest BCUT2D eigenvalue weighted by Crippen LogP contribution is -2.44. The van der Waals surface area contributed by atoms with Crippen molar-refractivity contribution >= 4 is 17.8 Å². The SMILES string of the molecule is COC(=O)C(Cc1ccccc1)NC(=O)COC(=O)c1c(C)nn(-c2ccccc2)c1C. The second-order valence-corrected chi connectivity index (χ2v) is 7.20. The molecule has 8 nitrogen and oxygen atoms in total. The van der Waals surface area contributed by atoms with Crippen molar-refractivity contribution in [2.45, 2.75) is 26.3 Å². The molecule has 0 fully saturated rings. The molecule has 1 heterocycles. The zero-order chi connectivity index (χ0) is 23.1. The van der Waals surface area contributed by atoms with E-state index in [9.17, 15) is 14.4 Å². The largest absolute Gasteiger partial charge is 0.467 e. The van der Waals surface area contributed by atoms with Gasteiger partial charge in [-0.25, -0.2) is 14.3 Å². The number of carbonyl (C=O) groups is 3. The van der Waals surface area contributed by atoms with Gasteiger partial charge in [0.2, 0.25) is 0 Å². The van der Waals surface area contributed by atoms with Gasteiger partial charge in [-0.1, -0.05) is 48.5 Å². The fourth-order valence-electron chi connectivity index (χ4n) is 3.38. The summed E-state index contributed by atoms with van der Waals surface area (Å²) in [7, 11) is 1.25. The van der Waals surface area contributed by atoms with E-state index in [2.05, 4.69) is 10.4 Å². The number of nitrogens with one attached hydrogen (secondary N) is 1. The number of ether oxygens (including phenoxy) is 2. The number of nitrogens with zero attached hydrogens (tertiary/aromatic N) is 2. The van der Waals surface area contributed by atoms with Crippen LogP contribution in [0.25, 0.3) is 5.69 Å². The molecular formula is C24H25N3O5. The van der Waals surface area contributed by atoms with E-state index >= 15 is 0 Å². The summed E-state index contributed by atoms with van der Waals surface area (Å²) in [6.07, 6.45) is 0.259. The van der Waals surface area contributed by atoms with E-state index in [-0.39, 0.29) is 6.42 Å². The molecule has 1 amide bonds. The molecule has 0 aliphatic heterocycles. The minimum atomic E-state index is -0.891. The highest BCUT2D eigenvalue weighted by molar-refractivity contribution is 5.94. The molecule has 0 aliphatic rings. The molecule has 1 atom stereocenters. The van der Waals surface area contributed by atoms with Crippen molar-refractivity contribution in [2.75, 3.05) is 13.7 Å². The van der Waals surface area contributed by atoms with Crippen molar-refractivity contribution in [1.29, 1.82) is 0 Å². The Balaban J connectivity index is 1.64. The first kappa shape index (κ1) is 22.7. The minimum absolute atomic E-state index is 0.259. The fourth-order valence-corrected chi connectivity index (χ4v) is 3.38. The summed E-state index contributed by atoms with van der Waals surface area (Å²) in [4.78, 5) is 37.1. The number of esters is 2. The van der Waals surface area contributed by atoms with E-state index in [0.717, 1.165) is 11.3 Å². The lowest BCUT2D eigenvalue weighted by molar-refractivity contribution is -0.145. The van der Waals surface area contributed by atoms with Crippen LogP contribution in [-0.4, -0.2) is 47.4 Å². The molecule has 0 bridgehead atoms. The van der Waals surface area contributed by atoms with Crippen LogP contribution in [0.5, 0.6) is 0 Å². The summed E-state index contributed by atoms with van der Waals surface area (Å²) in [6, 6.07) is 17.7. The first-order valence-corrected chi connectivity index (χ1v) is 10.1. The van der Waals surface area contributed by atoms with Crippen LogP contribution in [0.2, 0.25) is 0 Å². The zero-order valence-electron chi connectivity index (χ0n) is 18.2. The quantitative estimate of drug-likeness (QED) is 0.546. The molecule has 0 saturated heterocycles. The van der Waals surface area contributed by atoms with Gasteiger partial charge in [0.25, 0.3) is 5.91 Å². The minimum Gasteiger partial charge on any atom is -0.467 e. The third kappa shape index (κ3) is 5.40. The second-order valence-electron chi connectivity index (χ2n) is 7.20. The molecule has 2 aromatic carbocycles. The molecule has 3 rings (SSSR count). The summed E-state index contributed by atoms with van der Waals surface area (Å²) in [5, 5.41) is 6.98. The smallest absolute Gasteiger partial charge is 0.342 e. The predicted molar refractivity (Wildman–Crippen MR) is 117 cm³/mol. The number of methoxy groups -OCH3 is 1. The number of carbonyl (C=O) groups excluding carboxylic acids is 3. The molecule has 166 valence electrons. The number of para-hydroxylation sites is 1. The van der Waals surface area contributed by atoms with E-state index in [1.165, 1.54) is 7.11 Å². The Kier molecular flexibility index (Phi) is 7.38. The third-order valence-electron chi connectivity index (χ3n) is 4.93. The van der Waals surface area contributed by atoms with Gasteiger partial charge < -0.3 is 14.8 Å². The number of amides is 1. The molecule has 0 aliphatic carbocycles. The predicted octanol–water partition coefficient (Wildman–Crippen LogP) is 2.55. The van der Waals surface area contributed by atoms with E-state index < -0.39 is 30.5 Å². The third-order valence-corrected chi connectivity index (χ3v) is 4.93. The number of hydrogen-bond acceptors (Lipinski definition) is 6. The van der Waals surface area contributed by atoms with Gasteiger partial charge in [0.15, 0.2) is 6.61 Å². The molecule has 3 aromatic rings. The van der Waals surface area contributed by atoms with Gasteiger partial charge in [-0.3, -0.25) is 4.79 Å². The Hall–Kier alpha value is -3.94. The Labute approximate surface area is 186 Å². The van der Waals surface area contributed by atoms with Crippen molar-refractivity contribution in [3.05, 3.63) is 83.2 Å². The monoisotopic (exact) mass is 435 g/mol. The number of hydrogen-bond donors (Lipinski definition) is 1. The fraction of sp³-hybridized carbons (Fsp3) is 0.250. The van der Waals surface area contributed by atoms with E-state index in [4.69, 9.17) is 9.47 Å². The van der Waals surface area contributed by atoms with Crippen molar-refractivity contribution in [2.24, 2.45) is 0 Å². The van der Waals surface area contributed by atoms with Gasteiger partial charge in [0.05, 0.1) is 24.2 Å². The maximum Gasteiger partial charge on any atom is 0.342 e. The number of benzene rings is 2. The summed E-state index contributed by atoms with van der Waals surface area (Å²) in [5.41, 5.74) is 3.07. The van der Waals surface area contributed by atoms with Crippen LogP contribution in [0.1, 0.15) is 27.3 Å². The van der Waals surface area contributed by atoms with E-state index in [0.29, 0.717) is 17.0 Å². The highest BCUT2D eigenvalue weighted by atomic mass is 16.5. The summed E-state index contributed by atoms with van der Waals surface area (Å²) < 4.78 is 11.6. The first-order valence-electron chi connectivity index (χ1n) is 10.1. The van der Waals surface area contributed by atoms with Crippen molar-refractivity contribution in [3.8, 4) is 5.69 Å².